The second kappa shape index (κ2) is 4.79. The van der Waals surface area contributed by atoms with Crippen molar-refractivity contribution in [2.45, 2.75) is 0 Å². The maximum Gasteiger partial charge on any atom is 0.341 e. The molecule has 15 heavy (non-hydrogen) atoms. The number of carboxylic acid groups (broad SMARTS) is 1. The molecule has 80 valence electrons. The van der Waals surface area contributed by atoms with Crippen molar-refractivity contribution in [2.24, 2.45) is 5.73 Å². The molecule has 0 atom stereocenters. The van der Waals surface area contributed by atoms with Crippen molar-refractivity contribution in [2.75, 3.05) is 6.61 Å². The molecule has 0 heterocycles. The van der Waals surface area contributed by atoms with E-state index < -0.39 is 18.5 Å². The van der Waals surface area contributed by atoms with Gasteiger partial charge in [0.05, 0.1) is 5.56 Å². The minimum Gasteiger partial charge on any atom is -0.481 e. The number of hydrogen-bond acceptors (Lipinski definition) is 3. The zero-order valence-corrected chi connectivity index (χ0v) is 9.15. The lowest BCUT2D eigenvalue weighted by Gasteiger charge is -2.07. The number of carbonyl (C=O) groups is 2. The van der Waals surface area contributed by atoms with Crippen LogP contribution >= 0.6 is 15.9 Å². The average Bonchev–Trinajstić information content (AvgIpc) is 2.15. The number of hydrogen-bond donors (Lipinski definition) is 2. The molecule has 1 amide bonds. The summed E-state index contributed by atoms with van der Waals surface area (Å²) in [6.07, 6.45) is 0. The van der Waals surface area contributed by atoms with Crippen molar-refractivity contribution in [3.8, 4) is 5.75 Å². The van der Waals surface area contributed by atoms with E-state index in [1.165, 1.54) is 12.1 Å². The molecule has 1 aromatic carbocycles. The highest BCUT2D eigenvalue weighted by Gasteiger charge is 2.11. The molecule has 0 aliphatic rings. The van der Waals surface area contributed by atoms with Crippen LogP contribution < -0.4 is 10.5 Å². The second-order valence-corrected chi connectivity index (χ2v) is 3.60. The number of amides is 1. The SMILES string of the molecule is NC(=O)c1cc(Br)ccc1OCC(=O)O. The van der Waals surface area contributed by atoms with Gasteiger partial charge in [0.15, 0.2) is 6.61 Å². The highest BCUT2D eigenvalue weighted by atomic mass is 79.9. The normalized spacial score (nSPS) is 9.67. The van der Waals surface area contributed by atoms with Gasteiger partial charge < -0.3 is 15.6 Å². The van der Waals surface area contributed by atoms with E-state index in [1.54, 1.807) is 6.07 Å². The maximum absolute atomic E-state index is 11.0. The zero-order chi connectivity index (χ0) is 11.4. The van der Waals surface area contributed by atoms with E-state index in [9.17, 15) is 9.59 Å². The number of halogens is 1. The fourth-order valence-electron chi connectivity index (χ4n) is 0.960. The van der Waals surface area contributed by atoms with Crippen molar-refractivity contribution in [1.82, 2.24) is 0 Å². The maximum atomic E-state index is 11.0. The first kappa shape index (κ1) is 11.5. The largest absolute Gasteiger partial charge is 0.481 e. The molecule has 0 saturated carbocycles. The number of aliphatic carboxylic acids is 1. The minimum absolute atomic E-state index is 0.144. The summed E-state index contributed by atoms with van der Waals surface area (Å²) in [6.45, 7) is -0.512. The summed E-state index contributed by atoms with van der Waals surface area (Å²) in [5.74, 6) is -1.63. The number of benzene rings is 1. The fourth-order valence-corrected chi connectivity index (χ4v) is 1.32. The van der Waals surface area contributed by atoms with Crippen LogP contribution in [0, 0.1) is 0 Å². The van der Waals surface area contributed by atoms with Gasteiger partial charge in [0.25, 0.3) is 5.91 Å². The summed E-state index contributed by atoms with van der Waals surface area (Å²) in [6, 6.07) is 4.58. The summed E-state index contributed by atoms with van der Waals surface area (Å²) in [5, 5.41) is 8.41. The smallest absolute Gasteiger partial charge is 0.341 e. The van der Waals surface area contributed by atoms with Crippen LogP contribution in [0.1, 0.15) is 10.4 Å². The van der Waals surface area contributed by atoms with Crippen molar-refractivity contribution in [3.63, 3.8) is 0 Å². The van der Waals surface area contributed by atoms with Crippen LogP contribution in [0.2, 0.25) is 0 Å². The second-order valence-electron chi connectivity index (χ2n) is 2.69. The van der Waals surface area contributed by atoms with E-state index in [-0.39, 0.29) is 11.3 Å². The highest BCUT2D eigenvalue weighted by molar-refractivity contribution is 9.10. The Bertz CT molecular complexity index is 405. The van der Waals surface area contributed by atoms with Gasteiger partial charge in [-0.2, -0.15) is 0 Å². The lowest BCUT2D eigenvalue weighted by atomic mass is 10.2. The number of ether oxygens (including phenoxy) is 1. The van der Waals surface area contributed by atoms with Crippen molar-refractivity contribution >= 4 is 27.8 Å². The molecule has 0 radical (unpaired) electrons. The summed E-state index contributed by atoms with van der Waals surface area (Å²) in [5.41, 5.74) is 5.25. The lowest BCUT2D eigenvalue weighted by molar-refractivity contribution is -0.139. The van der Waals surface area contributed by atoms with E-state index in [1.807, 2.05) is 0 Å². The number of nitrogens with two attached hydrogens (primary N) is 1. The van der Waals surface area contributed by atoms with E-state index in [2.05, 4.69) is 15.9 Å². The Morgan fingerprint density at radius 3 is 2.67 bits per heavy atom. The monoisotopic (exact) mass is 273 g/mol. The van der Waals surface area contributed by atoms with Crippen LogP contribution in [0.5, 0.6) is 5.75 Å². The molecule has 0 saturated heterocycles. The Hall–Kier alpha value is -1.56. The van der Waals surface area contributed by atoms with Crippen molar-refractivity contribution in [3.05, 3.63) is 28.2 Å². The zero-order valence-electron chi connectivity index (χ0n) is 7.57. The van der Waals surface area contributed by atoms with Gasteiger partial charge in [0.1, 0.15) is 5.75 Å². The number of rotatable bonds is 4. The molecule has 1 rings (SSSR count). The standard InChI is InChI=1S/C9H8BrNO4/c10-5-1-2-7(15-4-8(12)13)6(3-5)9(11)14/h1-3H,4H2,(H2,11,14)(H,12,13). The third kappa shape index (κ3) is 3.25. The van der Waals surface area contributed by atoms with Gasteiger partial charge in [-0.15, -0.1) is 0 Å². The van der Waals surface area contributed by atoms with Gasteiger partial charge in [0.2, 0.25) is 0 Å². The average molecular weight is 274 g/mol. The van der Waals surface area contributed by atoms with Crippen LogP contribution in [0.15, 0.2) is 22.7 Å². The minimum atomic E-state index is -1.12. The molecule has 0 fully saturated rings. The van der Waals surface area contributed by atoms with Gasteiger partial charge in [-0.1, -0.05) is 15.9 Å². The number of carboxylic acids is 1. The first-order valence-corrected chi connectivity index (χ1v) is 4.74. The van der Waals surface area contributed by atoms with Gasteiger partial charge >= 0.3 is 5.97 Å². The quantitative estimate of drug-likeness (QED) is 0.857. The Kier molecular flexibility index (Phi) is 3.68. The first-order chi connectivity index (χ1) is 7.00. The van der Waals surface area contributed by atoms with Crippen molar-refractivity contribution < 1.29 is 19.4 Å². The summed E-state index contributed by atoms with van der Waals surface area (Å²) in [4.78, 5) is 21.3. The lowest BCUT2D eigenvalue weighted by Crippen LogP contribution is -2.16. The van der Waals surface area contributed by atoms with Crippen LogP contribution in [0.4, 0.5) is 0 Å². The number of carbonyl (C=O) groups excluding carboxylic acids is 1. The Morgan fingerprint density at radius 1 is 1.47 bits per heavy atom. The third-order valence-electron chi connectivity index (χ3n) is 1.56. The summed E-state index contributed by atoms with van der Waals surface area (Å²) >= 11 is 3.16. The van der Waals surface area contributed by atoms with Crippen LogP contribution in [0.3, 0.4) is 0 Å². The molecule has 3 N–H and O–H groups in total. The molecule has 0 aromatic heterocycles. The fraction of sp³-hybridized carbons (Fsp3) is 0.111. The van der Waals surface area contributed by atoms with E-state index in [0.29, 0.717) is 4.47 Å². The molecule has 0 bridgehead atoms. The molecule has 5 nitrogen and oxygen atoms in total. The molecular formula is C9H8BrNO4. The molecule has 6 heteroatoms. The van der Waals surface area contributed by atoms with Gasteiger partial charge in [-0.25, -0.2) is 4.79 Å². The van der Waals surface area contributed by atoms with Crippen LogP contribution in [-0.4, -0.2) is 23.6 Å². The summed E-state index contributed by atoms with van der Waals surface area (Å²) < 4.78 is 5.56. The van der Waals surface area contributed by atoms with E-state index in [0.717, 1.165) is 0 Å². The van der Waals surface area contributed by atoms with E-state index in [4.69, 9.17) is 15.6 Å². The highest BCUT2D eigenvalue weighted by Crippen LogP contribution is 2.22. The Morgan fingerprint density at radius 2 is 2.13 bits per heavy atom. The third-order valence-corrected chi connectivity index (χ3v) is 2.05. The van der Waals surface area contributed by atoms with Crippen molar-refractivity contribution in [1.29, 1.82) is 0 Å². The molecular weight excluding hydrogens is 266 g/mol. The van der Waals surface area contributed by atoms with Crippen LogP contribution in [-0.2, 0) is 4.79 Å². The van der Waals surface area contributed by atoms with Gasteiger partial charge in [0, 0.05) is 4.47 Å². The molecule has 0 aliphatic carbocycles. The molecule has 0 aliphatic heterocycles. The molecule has 0 unspecified atom stereocenters. The Labute approximate surface area is 94.0 Å². The topological polar surface area (TPSA) is 89.6 Å². The predicted molar refractivity (Wildman–Crippen MR) is 55.8 cm³/mol. The van der Waals surface area contributed by atoms with Gasteiger partial charge in [-0.05, 0) is 18.2 Å². The van der Waals surface area contributed by atoms with E-state index >= 15 is 0 Å². The molecule has 0 spiro atoms. The predicted octanol–water partition coefficient (Wildman–Crippen LogP) is 1.01. The Balaban J connectivity index is 2.95. The van der Waals surface area contributed by atoms with Crippen LogP contribution in [0.25, 0.3) is 0 Å². The first-order valence-electron chi connectivity index (χ1n) is 3.94. The summed E-state index contributed by atoms with van der Waals surface area (Å²) in [7, 11) is 0. The molecule has 1 aromatic rings. The number of primary amides is 1. The van der Waals surface area contributed by atoms with Gasteiger partial charge in [-0.3, -0.25) is 4.79 Å².